The van der Waals surface area contributed by atoms with Crippen LogP contribution in [0, 0.1) is 6.92 Å². The summed E-state index contributed by atoms with van der Waals surface area (Å²) in [4.78, 5) is 4.39. The Bertz CT molecular complexity index is 505. The molecular weight excluding hydrogens is 230 g/mol. The first-order chi connectivity index (χ1) is 8.22. The molecule has 0 bridgehead atoms. The molecule has 0 unspecified atom stereocenters. The standard InChI is InChI=1S/C13H19N3S/c1-3-17-8-4-7-16-12-9-10(2)5-6-11(12)15-13(16)14/h5-6,9H,3-4,7-8H2,1-2H3,(H2,14,15). The molecule has 17 heavy (non-hydrogen) atoms. The van der Waals surface area contributed by atoms with Gasteiger partial charge >= 0.3 is 0 Å². The second-order valence-corrected chi connectivity index (χ2v) is 5.56. The smallest absolute Gasteiger partial charge is 0.201 e. The predicted octanol–water partition coefficient (Wildman–Crippen LogP) is 3.07. The van der Waals surface area contributed by atoms with Gasteiger partial charge in [-0.2, -0.15) is 11.8 Å². The molecule has 1 heterocycles. The summed E-state index contributed by atoms with van der Waals surface area (Å²) in [6.07, 6.45) is 1.14. The van der Waals surface area contributed by atoms with Crippen molar-refractivity contribution in [1.82, 2.24) is 9.55 Å². The lowest BCUT2D eigenvalue weighted by atomic mass is 10.2. The normalized spacial score (nSPS) is 11.2. The van der Waals surface area contributed by atoms with E-state index in [1.165, 1.54) is 17.1 Å². The number of hydrogen-bond donors (Lipinski definition) is 1. The number of fused-ring (bicyclic) bond motifs is 1. The second kappa shape index (κ2) is 5.45. The third-order valence-electron chi connectivity index (χ3n) is 2.81. The first-order valence-electron chi connectivity index (χ1n) is 6.02. The molecule has 0 aliphatic heterocycles. The van der Waals surface area contributed by atoms with Gasteiger partial charge in [-0.25, -0.2) is 4.98 Å². The van der Waals surface area contributed by atoms with Crippen molar-refractivity contribution in [3.63, 3.8) is 0 Å². The van der Waals surface area contributed by atoms with E-state index in [1.54, 1.807) is 0 Å². The lowest BCUT2D eigenvalue weighted by Gasteiger charge is -2.06. The van der Waals surface area contributed by atoms with Gasteiger partial charge in [0.15, 0.2) is 0 Å². The molecule has 2 N–H and O–H groups in total. The summed E-state index contributed by atoms with van der Waals surface area (Å²) in [6, 6.07) is 6.27. The molecule has 0 saturated heterocycles. The molecule has 0 atom stereocenters. The summed E-state index contributed by atoms with van der Waals surface area (Å²) in [6.45, 7) is 5.24. The highest BCUT2D eigenvalue weighted by Crippen LogP contribution is 2.20. The maximum absolute atomic E-state index is 5.96. The van der Waals surface area contributed by atoms with Crippen molar-refractivity contribution in [1.29, 1.82) is 0 Å². The van der Waals surface area contributed by atoms with Gasteiger partial charge in [-0.15, -0.1) is 0 Å². The Kier molecular flexibility index (Phi) is 3.94. The Morgan fingerprint density at radius 2 is 2.24 bits per heavy atom. The van der Waals surface area contributed by atoms with Crippen molar-refractivity contribution >= 4 is 28.7 Å². The number of imidazole rings is 1. The van der Waals surface area contributed by atoms with Crippen molar-refractivity contribution < 1.29 is 0 Å². The number of nitrogen functional groups attached to an aromatic ring is 1. The van der Waals surface area contributed by atoms with Crippen molar-refractivity contribution in [2.45, 2.75) is 26.8 Å². The maximum Gasteiger partial charge on any atom is 0.201 e. The predicted molar refractivity (Wildman–Crippen MR) is 76.5 cm³/mol. The number of nitrogens with two attached hydrogens (primary N) is 1. The average molecular weight is 249 g/mol. The minimum Gasteiger partial charge on any atom is -0.369 e. The zero-order valence-corrected chi connectivity index (χ0v) is 11.3. The number of benzene rings is 1. The Morgan fingerprint density at radius 3 is 3.00 bits per heavy atom. The summed E-state index contributed by atoms with van der Waals surface area (Å²) in [5, 5.41) is 0. The van der Waals surface area contributed by atoms with Crippen LogP contribution in [0.25, 0.3) is 11.0 Å². The summed E-state index contributed by atoms with van der Waals surface area (Å²) in [7, 11) is 0. The molecule has 2 aromatic rings. The van der Waals surface area contributed by atoms with Crippen LogP contribution in [0.15, 0.2) is 18.2 Å². The molecule has 1 aromatic heterocycles. The lowest BCUT2D eigenvalue weighted by molar-refractivity contribution is 0.712. The fourth-order valence-corrected chi connectivity index (χ4v) is 2.58. The van der Waals surface area contributed by atoms with Crippen LogP contribution >= 0.6 is 11.8 Å². The highest BCUT2D eigenvalue weighted by Gasteiger charge is 2.07. The molecule has 0 aliphatic carbocycles. The summed E-state index contributed by atoms with van der Waals surface area (Å²) in [5.41, 5.74) is 9.37. The van der Waals surface area contributed by atoms with Crippen LogP contribution in [0.1, 0.15) is 18.9 Å². The van der Waals surface area contributed by atoms with E-state index in [0.29, 0.717) is 5.95 Å². The van der Waals surface area contributed by atoms with Crippen LogP contribution in [-0.4, -0.2) is 21.1 Å². The van der Waals surface area contributed by atoms with E-state index < -0.39 is 0 Å². The SMILES string of the molecule is CCSCCCn1c(N)nc2ccc(C)cc21. The van der Waals surface area contributed by atoms with Crippen molar-refractivity contribution in [2.24, 2.45) is 0 Å². The fraction of sp³-hybridized carbons (Fsp3) is 0.462. The number of thioether (sulfide) groups is 1. The zero-order chi connectivity index (χ0) is 12.3. The van der Waals surface area contributed by atoms with Crippen molar-refractivity contribution in [2.75, 3.05) is 17.2 Å². The van der Waals surface area contributed by atoms with Gasteiger partial charge in [0.25, 0.3) is 0 Å². The molecule has 0 aliphatic rings. The summed E-state index contributed by atoms with van der Waals surface area (Å²) >= 11 is 1.97. The van der Waals surface area contributed by atoms with Gasteiger partial charge in [0.2, 0.25) is 5.95 Å². The maximum atomic E-state index is 5.96. The molecule has 3 nitrogen and oxygen atoms in total. The number of rotatable bonds is 5. The van der Waals surface area contributed by atoms with Gasteiger partial charge in [-0.05, 0) is 42.5 Å². The quantitative estimate of drug-likeness (QED) is 0.828. The monoisotopic (exact) mass is 249 g/mol. The van der Waals surface area contributed by atoms with Gasteiger partial charge in [0, 0.05) is 6.54 Å². The Hall–Kier alpha value is -1.16. The van der Waals surface area contributed by atoms with Crippen LogP contribution < -0.4 is 5.73 Å². The molecule has 92 valence electrons. The van der Waals surface area contributed by atoms with E-state index in [-0.39, 0.29) is 0 Å². The van der Waals surface area contributed by atoms with E-state index >= 15 is 0 Å². The van der Waals surface area contributed by atoms with Gasteiger partial charge in [-0.1, -0.05) is 13.0 Å². The lowest BCUT2D eigenvalue weighted by Crippen LogP contribution is -2.04. The highest BCUT2D eigenvalue weighted by molar-refractivity contribution is 7.99. The van der Waals surface area contributed by atoms with Gasteiger partial charge in [0.05, 0.1) is 11.0 Å². The number of hydrogen-bond acceptors (Lipinski definition) is 3. The molecular formula is C13H19N3S. The minimum absolute atomic E-state index is 0.632. The third kappa shape index (κ3) is 2.75. The van der Waals surface area contributed by atoms with Crippen LogP contribution in [0.3, 0.4) is 0 Å². The van der Waals surface area contributed by atoms with E-state index in [1.807, 2.05) is 17.8 Å². The number of aryl methyl sites for hydroxylation is 2. The molecule has 0 radical (unpaired) electrons. The Balaban J connectivity index is 2.20. The van der Waals surface area contributed by atoms with Gasteiger partial charge in [0.1, 0.15) is 0 Å². The van der Waals surface area contributed by atoms with Crippen LogP contribution in [-0.2, 0) is 6.54 Å². The van der Waals surface area contributed by atoms with E-state index in [0.717, 1.165) is 24.0 Å². The molecule has 0 saturated carbocycles. The Morgan fingerprint density at radius 1 is 1.41 bits per heavy atom. The second-order valence-electron chi connectivity index (χ2n) is 4.16. The molecule has 4 heteroatoms. The average Bonchev–Trinajstić information content (AvgIpc) is 2.61. The third-order valence-corrected chi connectivity index (χ3v) is 3.79. The minimum atomic E-state index is 0.632. The van der Waals surface area contributed by atoms with Crippen LogP contribution in [0.4, 0.5) is 5.95 Å². The van der Waals surface area contributed by atoms with Crippen LogP contribution in [0.2, 0.25) is 0 Å². The van der Waals surface area contributed by atoms with Crippen LogP contribution in [0.5, 0.6) is 0 Å². The van der Waals surface area contributed by atoms with E-state index in [9.17, 15) is 0 Å². The Labute approximate surface area is 106 Å². The number of aromatic nitrogens is 2. The van der Waals surface area contributed by atoms with Gasteiger partial charge in [-0.3, -0.25) is 0 Å². The fourth-order valence-electron chi connectivity index (χ4n) is 1.96. The number of anilines is 1. The molecule has 0 spiro atoms. The van der Waals surface area contributed by atoms with Crippen molar-refractivity contribution in [3.8, 4) is 0 Å². The first kappa shape index (κ1) is 12.3. The van der Waals surface area contributed by atoms with Crippen molar-refractivity contribution in [3.05, 3.63) is 23.8 Å². The summed E-state index contributed by atoms with van der Waals surface area (Å²) in [5.74, 6) is 2.99. The zero-order valence-electron chi connectivity index (χ0n) is 10.4. The molecule has 0 fully saturated rings. The largest absolute Gasteiger partial charge is 0.369 e. The number of nitrogens with zero attached hydrogens (tertiary/aromatic N) is 2. The topological polar surface area (TPSA) is 43.8 Å². The van der Waals surface area contributed by atoms with E-state index in [2.05, 4.69) is 35.5 Å². The highest BCUT2D eigenvalue weighted by atomic mass is 32.2. The molecule has 2 rings (SSSR count). The first-order valence-corrected chi connectivity index (χ1v) is 7.18. The van der Waals surface area contributed by atoms with E-state index in [4.69, 9.17) is 5.73 Å². The summed E-state index contributed by atoms with van der Waals surface area (Å²) < 4.78 is 2.12. The molecule has 1 aromatic carbocycles. The molecule has 0 amide bonds. The van der Waals surface area contributed by atoms with Gasteiger partial charge < -0.3 is 10.3 Å².